The molecule has 0 N–H and O–H groups in total. The quantitative estimate of drug-likeness (QED) is 0.704. The van der Waals surface area contributed by atoms with Gasteiger partial charge in [-0.15, -0.1) is 0 Å². The van der Waals surface area contributed by atoms with Crippen LogP contribution in [0.25, 0.3) is 10.9 Å². The van der Waals surface area contributed by atoms with Crippen molar-refractivity contribution < 1.29 is 4.39 Å². The van der Waals surface area contributed by atoms with Gasteiger partial charge in [0.1, 0.15) is 5.82 Å². The minimum atomic E-state index is -0.141. The molecule has 0 amide bonds. The summed E-state index contributed by atoms with van der Waals surface area (Å²) in [5.74, 6) is 0.681. The summed E-state index contributed by atoms with van der Waals surface area (Å²) >= 11 is 0. The van der Waals surface area contributed by atoms with Crippen LogP contribution in [0.2, 0.25) is 0 Å². The van der Waals surface area contributed by atoms with Crippen LogP contribution >= 0.6 is 0 Å². The van der Waals surface area contributed by atoms with Gasteiger partial charge in [0, 0.05) is 17.6 Å². The Morgan fingerprint density at radius 3 is 2.87 bits per heavy atom. The Morgan fingerprint density at radius 1 is 1.33 bits per heavy atom. The first-order chi connectivity index (χ1) is 7.24. The van der Waals surface area contributed by atoms with Crippen LogP contribution in [0.15, 0.2) is 24.3 Å². The number of hydrogen-bond donors (Lipinski definition) is 0. The van der Waals surface area contributed by atoms with Gasteiger partial charge in [0.15, 0.2) is 0 Å². The van der Waals surface area contributed by atoms with Crippen LogP contribution in [-0.4, -0.2) is 4.57 Å². The van der Waals surface area contributed by atoms with E-state index in [1.165, 1.54) is 24.6 Å². The molecule has 1 fully saturated rings. The Hall–Kier alpha value is -1.31. The summed E-state index contributed by atoms with van der Waals surface area (Å²) in [5.41, 5.74) is 2.28. The Labute approximate surface area is 88.5 Å². The molecule has 1 aromatic carbocycles. The van der Waals surface area contributed by atoms with Crippen molar-refractivity contribution in [2.45, 2.75) is 26.3 Å². The Balaban J connectivity index is 2.15. The normalized spacial score (nSPS) is 16.1. The van der Waals surface area contributed by atoms with Crippen LogP contribution in [0.1, 0.15) is 18.5 Å². The second kappa shape index (κ2) is 3.09. The molecule has 1 aromatic heterocycles. The van der Waals surface area contributed by atoms with Crippen molar-refractivity contribution in [1.29, 1.82) is 0 Å². The molecule has 0 atom stereocenters. The van der Waals surface area contributed by atoms with E-state index in [1.807, 2.05) is 6.07 Å². The fraction of sp³-hybridized carbons (Fsp3) is 0.385. The SMILES string of the molecule is Cc1cc2ccc(F)cc2n1CC1CC1. The summed E-state index contributed by atoms with van der Waals surface area (Å²) in [6.45, 7) is 3.15. The lowest BCUT2D eigenvalue weighted by Gasteiger charge is -2.06. The maximum absolute atomic E-state index is 13.2. The number of benzene rings is 1. The van der Waals surface area contributed by atoms with Gasteiger partial charge < -0.3 is 4.57 Å². The fourth-order valence-electron chi connectivity index (χ4n) is 2.17. The number of halogens is 1. The Morgan fingerprint density at radius 2 is 2.13 bits per heavy atom. The lowest BCUT2D eigenvalue weighted by molar-refractivity contribution is 0.618. The first-order valence-corrected chi connectivity index (χ1v) is 5.49. The molecule has 1 saturated carbocycles. The van der Waals surface area contributed by atoms with Crippen LogP contribution in [0, 0.1) is 18.7 Å². The third-order valence-corrected chi connectivity index (χ3v) is 3.21. The molecule has 0 unspecified atom stereocenters. The van der Waals surface area contributed by atoms with E-state index < -0.39 is 0 Å². The molecule has 0 bridgehead atoms. The van der Waals surface area contributed by atoms with E-state index in [0.717, 1.165) is 23.4 Å². The van der Waals surface area contributed by atoms with Crippen LogP contribution in [0.3, 0.4) is 0 Å². The van der Waals surface area contributed by atoms with Crippen LogP contribution in [0.4, 0.5) is 4.39 Å². The number of fused-ring (bicyclic) bond motifs is 1. The van der Waals surface area contributed by atoms with Crippen LogP contribution in [-0.2, 0) is 6.54 Å². The molecule has 1 nitrogen and oxygen atoms in total. The van der Waals surface area contributed by atoms with Gasteiger partial charge in [-0.3, -0.25) is 0 Å². The van der Waals surface area contributed by atoms with Crippen molar-refractivity contribution in [2.75, 3.05) is 0 Å². The van der Waals surface area contributed by atoms with E-state index in [9.17, 15) is 4.39 Å². The van der Waals surface area contributed by atoms with Crippen molar-refractivity contribution in [2.24, 2.45) is 5.92 Å². The van der Waals surface area contributed by atoms with Gasteiger partial charge in [-0.2, -0.15) is 0 Å². The minimum Gasteiger partial charge on any atom is -0.345 e. The standard InChI is InChI=1S/C13H14FN/c1-9-6-11-4-5-12(14)7-13(11)15(9)8-10-2-3-10/h4-7,10H,2-3,8H2,1H3. The summed E-state index contributed by atoms with van der Waals surface area (Å²) in [4.78, 5) is 0. The zero-order chi connectivity index (χ0) is 10.4. The predicted octanol–water partition coefficient (Wildman–Crippen LogP) is 3.50. The van der Waals surface area contributed by atoms with Crippen molar-refractivity contribution in [3.05, 3.63) is 35.8 Å². The lowest BCUT2D eigenvalue weighted by Crippen LogP contribution is -2.01. The van der Waals surface area contributed by atoms with E-state index in [0.29, 0.717) is 0 Å². The maximum Gasteiger partial charge on any atom is 0.125 e. The third-order valence-electron chi connectivity index (χ3n) is 3.21. The number of aromatic nitrogens is 1. The molecule has 78 valence electrons. The lowest BCUT2D eigenvalue weighted by atomic mass is 10.2. The molecule has 0 aliphatic heterocycles. The molecule has 2 aromatic rings. The Bertz CT molecular complexity index is 508. The predicted molar refractivity (Wildman–Crippen MR) is 59.4 cm³/mol. The highest BCUT2D eigenvalue weighted by molar-refractivity contribution is 5.81. The highest BCUT2D eigenvalue weighted by Gasteiger charge is 2.22. The molecular weight excluding hydrogens is 189 g/mol. The highest BCUT2D eigenvalue weighted by Crippen LogP contribution is 2.33. The van der Waals surface area contributed by atoms with Gasteiger partial charge in [-0.05, 0) is 49.9 Å². The van der Waals surface area contributed by atoms with Gasteiger partial charge >= 0.3 is 0 Å². The molecule has 1 aliphatic rings. The van der Waals surface area contributed by atoms with Gasteiger partial charge in [0.25, 0.3) is 0 Å². The molecule has 3 rings (SSSR count). The zero-order valence-electron chi connectivity index (χ0n) is 8.83. The van der Waals surface area contributed by atoms with E-state index in [-0.39, 0.29) is 5.82 Å². The maximum atomic E-state index is 13.2. The number of hydrogen-bond acceptors (Lipinski definition) is 0. The summed E-state index contributed by atoms with van der Waals surface area (Å²) in [7, 11) is 0. The molecule has 0 saturated heterocycles. The first-order valence-electron chi connectivity index (χ1n) is 5.49. The topological polar surface area (TPSA) is 4.93 Å². The van der Waals surface area contributed by atoms with Gasteiger partial charge in [0.05, 0.1) is 5.52 Å². The second-order valence-electron chi connectivity index (χ2n) is 4.54. The summed E-state index contributed by atoms with van der Waals surface area (Å²) in [6.07, 6.45) is 2.66. The molecule has 15 heavy (non-hydrogen) atoms. The largest absolute Gasteiger partial charge is 0.345 e. The van der Waals surface area contributed by atoms with E-state index >= 15 is 0 Å². The van der Waals surface area contributed by atoms with Gasteiger partial charge in [-0.25, -0.2) is 4.39 Å². The monoisotopic (exact) mass is 203 g/mol. The average molecular weight is 203 g/mol. The van der Waals surface area contributed by atoms with Crippen molar-refractivity contribution in [1.82, 2.24) is 4.57 Å². The van der Waals surface area contributed by atoms with E-state index in [1.54, 1.807) is 6.07 Å². The smallest absolute Gasteiger partial charge is 0.125 e. The molecule has 1 heterocycles. The fourth-order valence-corrected chi connectivity index (χ4v) is 2.17. The molecule has 0 radical (unpaired) electrons. The van der Waals surface area contributed by atoms with Crippen molar-refractivity contribution in [3.8, 4) is 0 Å². The number of nitrogens with zero attached hydrogens (tertiary/aromatic N) is 1. The van der Waals surface area contributed by atoms with E-state index in [4.69, 9.17) is 0 Å². The zero-order valence-corrected chi connectivity index (χ0v) is 8.83. The Kier molecular flexibility index (Phi) is 1.84. The summed E-state index contributed by atoms with van der Waals surface area (Å²) in [6, 6.07) is 7.17. The highest BCUT2D eigenvalue weighted by atomic mass is 19.1. The van der Waals surface area contributed by atoms with Crippen LogP contribution in [0.5, 0.6) is 0 Å². The number of rotatable bonds is 2. The summed E-state index contributed by atoms with van der Waals surface area (Å²) < 4.78 is 15.4. The summed E-state index contributed by atoms with van der Waals surface area (Å²) in [5, 5.41) is 1.15. The van der Waals surface area contributed by atoms with Crippen molar-refractivity contribution in [3.63, 3.8) is 0 Å². The molecular formula is C13H14FN. The second-order valence-corrected chi connectivity index (χ2v) is 4.54. The third kappa shape index (κ3) is 1.54. The molecule has 1 aliphatic carbocycles. The van der Waals surface area contributed by atoms with Crippen molar-refractivity contribution >= 4 is 10.9 Å². The minimum absolute atomic E-state index is 0.141. The van der Waals surface area contributed by atoms with Gasteiger partial charge in [-0.1, -0.05) is 0 Å². The van der Waals surface area contributed by atoms with Gasteiger partial charge in [0.2, 0.25) is 0 Å². The van der Waals surface area contributed by atoms with E-state index in [2.05, 4.69) is 17.6 Å². The molecule has 2 heteroatoms. The average Bonchev–Trinajstić information content (AvgIpc) is 2.96. The van der Waals surface area contributed by atoms with Crippen LogP contribution < -0.4 is 0 Å². The first kappa shape index (κ1) is 8.96. The molecule has 0 spiro atoms. The number of aryl methyl sites for hydroxylation is 1.